The molecule has 1 N–H and O–H groups in total. The van der Waals surface area contributed by atoms with Crippen LogP contribution < -0.4 is 5.32 Å². The Labute approximate surface area is 193 Å². The van der Waals surface area contributed by atoms with Crippen molar-refractivity contribution in [3.8, 4) is 0 Å². The smallest absolute Gasteiger partial charge is 0.244 e. The van der Waals surface area contributed by atoms with Gasteiger partial charge >= 0.3 is 0 Å². The number of nitrogens with one attached hydrogen (secondary N) is 1. The number of nitrogens with zero attached hydrogens (tertiary/aromatic N) is 1. The highest BCUT2D eigenvalue weighted by molar-refractivity contribution is 9.09. The average molecular weight is 487 g/mol. The number of hydrogen-bond acceptors (Lipinski definition) is 3. The summed E-state index contributed by atoms with van der Waals surface area (Å²) in [5.41, 5.74) is 4.83. The van der Waals surface area contributed by atoms with Crippen LogP contribution in [0.1, 0.15) is 28.2 Å². The van der Waals surface area contributed by atoms with Crippen LogP contribution >= 0.6 is 15.9 Å². The fourth-order valence-corrected chi connectivity index (χ4v) is 6.96. The highest BCUT2D eigenvalue weighted by Crippen LogP contribution is 2.66. The lowest BCUT2D eigenvalue weighted by Gasteiger charge is -2.51. The summed E-state index contributed by atoms with van der Waals surface area (Å²) >= 11 is 3.95. The van der Waals surface area contributed by atoms with Gasteiger partial charge in [0.15, 0.2) is 0 Å². The van der Waals surface area contributed by atoms with Gasteiger partial charge in [-0.3, -0.25) is 19.3 Å². The number of benzene rings is 3. The normalized spacial score (nSPS) is 27.0. The minimum Gasteiger partial charge on any atom is -0.325 e. The number of imide groups is 1. The van der Waals surface area contributed by atoms with E-state index in [9.17, 15) is 14.4 Å². The number of para-hydroxylation sites is 1. The van der Waals surface area contributed by atoms with Crippen LogP contribution in [0.4, 0.5) is 5.69 Å². The summed E-state index contributed by atoms with van der Waals surface area (Å²) in [7, 11) is 0. The van der Waals surface area contributed by atoms with Gasteiger partial charge in [0.25, 0.3) is 0 Å². The fourth-order valence-electron chi connectivity index (χ4n) is 5.76. The number of anilines is 1. The first-order valence-electron chi connectivity index (χ1n) is 10.6. The Morgan fingerprint density at radius 2 is 1.41 bits per heavy atom. The molecule has 32 heavy (non-hydrogen) atoms. The second-order valence-electron chi connectivity index (χ2n) is 8.54. The Hall–Kier alpha value is -3.25. The summed E-state index contributed by atoms with van der Waals surface area (Å²) < 4.78 is -0.795. The van der Waals surface area contributed by atoms with E-state index < -0.39 is 16.2 Å². The Morgan fingerprint density at radius 3 is 2.03 bits per heavy atom. The van der Waals surface area contributed by atoms with Crippen molar-refractivity contribution in [1.29, 1.82) is 0 Å². The van der Waals surface area contributed by atoms with Crippen molar-refractivity contribution in [3.05, 3.63) is 101 Å². The van der Waals surface area contributed by atoms with Crippen molar-refractivity contribution in [2.45, 2.75) is 10.2 Å². The molecule has 1 saturated heterocycles. The first-order valence-corrected chi connectivity index (χ1v) is 11.4. The van der Waals surface area contributed by atoms with E-state index in [0.29, 0.717) is 5.69 Å². The maximum atomic E-state index is 13.6. The molecule has 3 aromatic carbocycles. The number of alkyl halides is 1. The predicted octanol–water partition coefficient (Wildman–Crippen LogP) is 4.02. The Kier molecular flexibility index (Phi) is 4.17. The van der Waals surface area contributed by atoms with Crippen LogP contribution in [0.25, 0.3) is 0 Å². The monoisotopic (exact) mass is 486 g/mol. The molecule has 1 aliphatic heterocycles. The number of carbonyl (C=O) groups excluding carboxylic acids is 3. The summed E-state index contributed by atoms with van der Waals surface area (Å²) in [5.74, 6) is -2.28. The van der Waals surface area contributed by atoms with Gasteiger partial charge in [0.1, 0.15) is 6.54 Å². The third-order valence-electron chi connectivity index (χ3n) is 6.96. The van der Waals surface area contributed by atoms with Crippen LogP contribution in [-0.2, 0) is 18.7 Å². The molecular formula is C26H19BrN2O3. The second-order valence-corrected chi connectivity index (χ2v) is 9.80. The van der Waals surface area contributed by atoms with Crippen LogP contribution in [0, 0.1) is 11.8 Å². The van der Waals surface area contributed by atoms with Crippen molar-refractivity contribution < 1.29 is 14.4 Å². The molecule has 0 spiro atoms. The zero-order valence-corrected chi connectivity index (χ0v) is 18.6. The molecule has 0 saturated carbocycles. The van der Waals surface area contributed by atoms with Gasteiger partial charge in [0.2, 0.25) is 17.7 Å². The zero-order chi connectivity index (χ0) is 22.0. The third-order valence-corrected chi connectivity index (χ3v) is 8.31. The lowest BCUT2D eigenvalue weighted by Crippen LogP contribution is -2.50. The first kappa shape index (κ1) is 19.4. The molecule has 0 unspecified atom stereocenters. The van der Waals surface area contributed by atoms with Crippen LogP contribution in [0.15, 0.2) is 78.9 Å². The predicted molar refractivity (Wildman–Crippen MR) is 123 cm³/mol. The van der Waals surface area contributed by atoms with E-state index in [4.69, 9.17) is 0 Å². The van der Waals surface area contributed by atoms with Gasteiger partial charge in [-0.05, 0) is 34.4 Å². The summed E-state index contributed by atoms with van der Waals surface area (Å²) in [5, 5.41) is 2.78. The molecule has 158 valence electrons. The van der Waals surface area contributed by atoms with E-state index in [-0.39, 0.29) is 30.2 Å². The molecule has 3 aromatic rings. The molecule has 1 fully saturated rings. The van der Waals surface area contributed by atoms with Crippen LogP contribution in [0.2, 0.25) is 0 Å². The second kappa shape index (κ2) is 6.87. The molecule has 2 atom stereocenters. The SMILES string of the molecule is O=C(CN1C(=O)[C@@H]2[C@@H](C1=O)C1c3ccccc3C2(Br)c2ccccc21)Nc1ccccc1. The minimum atomic E-state index is -0.795. The number of amides is 3. The zero-order valence-electron chi connectivity index (χ0n) is 17.0. The van der Waals surface area contributed by atoms with Gasteiger partial charge in [0, 0.05) is 11.6 Å². The number of carbonyl (C=O) groups is 3. The number of halogens is 1. The van der Waals surface area contributed by atoms with Gasteiger partial charge in [0.05, 0.1) is 16.2 Å². The topological polar surface area (TPSA) is 66.5 Å². The van der Waals surface area contributed by atoms with E-state index in [0.717, 1.165) is 27.2 Å². The molecule has 2 bridgehead atoms. The molecule has 5 nitrogen and oxygen atoms in total. The summed E-state index contributed by atoms with van der Waals surface area (Å²) in [6, 6.07) is 25.1. The van der Waals surface area contributed by atoms with Crippen LogP contribution in [0.3, 0.4) is 0 Å². The molecular weight excluding hydrogens is 468 g/mol. The van der Waals surface area contributed by atoms with Gasteiger partial charge in [-0.25, -0.2) is 0 Å². The van der Waals surface area contributed by atoms with E-state index in [1.807, 2.05) is 66.7 Å². The van der Waals surface area contributed by atoms with Crippen molar-refractivity contribution in [1.82, 2.24) is 4.90 Å². The molecule has 7 rings (SSSR count). The number of rotatable bonds is 3. The van der Waals surface area contributed by atoms with E-state index >= 15 is 0 Å². The van der Waals surface area contributed by atoms with Crippen molar-refractivity contribution in [3.63, 3.8) is 0 Å². The summed E-state index contributed by atoms with van der Waals surface area (Å²) in [6.45, 7) is -0.290. The lowest BCUT2D eigenvalue weighted by atomic mass is 9.55. The Bertz CT molecular complexity index is 1240. The molecule has 3 aliphatic carbocycles. The van der Waals surface area contributed by atoms with E-state index in [1.54, 1.807) is 12.1 Å². The van der Waals surface area contributed by atoms with Gasteiger partial charge in [-0.1, -0.05) is 82.7 Å². The Morgan fingerprint density at radius 1 is 0.844 bits per heavy atom. The maximum absolute atomic E-state index is 13.6. The van der Waals surface area contributed by atoms with Gasteiger partial charge in [-0.15, -0.1) is 0 Å². The van der Waals surface area contributed by atoms with Crippen molar-refractivity contribution in [2.24, 2.45) is 11.8 Å². The number of hydrogen-bond donors (Lipinski definition) is 1. The highest BCUT2D eigenvalue weighted by atomic mass is 79.9. The molecule has 3 amide bonds. The summed E-state index contributed by atoms with van der Waals surface area (Å²) in [4.78, 5) is 41.1. The van der Waals surface area contributed by atoms with Crippen molar-refractivity contribution in [2.75, 3.05) is 11.9 Å². The maximum Gasteiger partial charge on any atom is 0.244 e. The highest BCUT2D eigenvalue weighted by Gasteiger charge is 2.67. The lowest BCUT2D eigenvalue weighted by molar-refractivity contribution is -0.142. The van der Waals surface area contributed by atoms with E-state index in [2.05, 4.69) is 21.2 Å². The standard InChI is InChI=1S/C26H19BrN2O3/c27-26-18-12-6-4-10-16(18)21(17-11-5-7-13-19(17)26)22-23(26)25(32)29(24(22)31)14-20(30)28-15-8-2-1-3-9-15/h1-13,21-23H,14H2,(H,28,30)/t21?,22-,23-,26?/m0/s1. The quantitative estimate of drug-likeness (QED) is 0.449. The summed E-state index contributed by atoms with van der Waals surface area (Å²) in [6.07, 6.45) is 0. The Balaban J connectivity index is 1.41. The van der Waals surface area contributed by atoms with Crippen LogP contribution in [-0.4, -0.2) is 29.2 Å². The molecule has 0 aromatic heterocycles. The molecule has 6 heteroatoms. The molecule has 4 aliphatic rings. The molecule has 0 radical (unpaired) electrons. The van der Waals surface area contributed by atoms with Crippen molar-refractivity contribution >= 4 is 39.3 Å². The van der Waals surface area contributed by atoms with E-state index in [1.165, 1.54) is 0 Å². The number of likely N-dealkylation sites (tertiary alicyclic amines) is 1. The largest absolute Gasteiger partial charge is 0.325 e. The minimum absolute atomic E-state index is 0.203. The first-order chi connectivity index (χ1) is 15.5. The van der Waals surface area contributed by atoms with Gasteiger partial charge in [-0.2, -0.15) is 0 Å². The van der Waals surface area contributed by atoms with Crippen LogP contribution in [0.5, 0.6) is 0 Å². The molecule has 1 heterocycles. The van der Waals surface area contributed by atoms with Gasteiger partial charge < -0.3 is 5.32 Å². The fraction of sp³-hybridized carbons (Fsp3) is 0.192. The average Bonchev–Trinajstić information content (AvgIpc) is 3.06. The third kappa shape index (κ3) is 2.47.